The second-order valence-electron chi connectivity index (χ2n) is 4.58. The van der Waals surface area contributed by atoms with Crippen LogP contribution in [0.2, 0.25) is 0 Å². The van der Waals surface area contributed by atoms with E-state index in [2.05, 4.69) is 4.98 Å². The molecule has 1 saturated heterocycles. The molecule has 1 fully saturated rings. The summed E-state index contributed by atoms with van der Waals surface area (Å²) in [5.74, 6) is 0.257. The van der Waals surface area contributed by atoms with Gasteiger partial charge in [-0.25, -0.2) is 0 Å². The number of carbonyl (C=O) groups is 2. The molecule has 0 bridgehead atoms. The van der Waals surface area contributed by atoms with Crippen molar-refractivity contribution < 1.29 is 9.59 Å². The highest BCUT2D eigenvalue weighted by Gasteiger charge is 2.23. The summed E-state index contributed by atoms with van der Waals surface area (Å²) in [7, 11) is 0. The molecule has 0 aliphatic carbocycles. The molecule has 0 atom stereocenters. The normalized spacial score (nSPS) is 16.2. The third-order valence-corrected chi connectivity index (χ3v) is 3.43. The van der Waals surface area contributed by atoms with Gasteiger partial charge in [-0.15, -0.1) is 0 Å². The number of nitrogens with zero attached hydrogens (tertiary/aromatic N) is 1. The number of H-pyrrole nitrogens is 1. The van der Waals surface area contributed by atoms with Crippen LogP contribution in [-0.2, 0) is 4.79 Å². The molecule has 92 valence electrons. The van der Waals surface area contributed by atoms with Gasteiger partial charge in [-0.05, 0) is 12.1 Å². The van der Waals surface area contributed by atoms with E-state index in [1.165, 1.54) is 0 Å². The number of carbonyl (C=O) groups excluding carboxylic acids is 2. The van der Waals surface area contributed by atoms with Crippen LogP contribution in [0, 0.1) is 0 Å². The molecule has 1 aromatic carbocycles. The van der Waals surface area contributed by atoms with E-state index in [9.17, 15) is 9.59 Å². The molecule has 3 rings (SSSR count). The first kappa shape index (κ1) is 11.0. The topological polar surface area (TPSA) is 53.2 Å². The molecule has 1 aliphatic heterocycles. The van der Waals surface area contributed by atoms with Crippen LogP contribution in [0.25, 0.3) is 10.9 Å². The van der Waals surface area contributed by atoms with E-state index in [0.717, 1.165) is 10.9 Å². The van der Waals surface area contributed by atoms with Crippen molar-refractivity contribution >= 4 is 22.6 Å². The van der Waals surface area contributed by atoms with Gasteiger partial charge < -0.3 is 9.88 Å². The van der Waals surface area contributed by atoms with Gasteiger partial charge in [0.2, 0.25) is 0 Å². The Morgan fingerprint density at radius 2 is 1.94 bits per heavy atom. The van der Waals surface area contributed by atoms with Gasteiger partial charge in [-0.1, -0.05) is 12.1 Å². The van der Waals surface area contributed by atoms with Crippen LogP contribution in [0.3, 0.4) is 0 Å². The van der Waals surface area contributed by atoms with Crippen molar-refractivity contribution in [1.29, 1.82) is 0 Å². The number of para-hydroxylation sites is 1. The van der Waals surface area contributed by atoms with Crippen molar-refractivity contribution in [2.24, 2.45) is 0 Å². The molecule has 4 heteroatoms. The molecule has 1 aromatic heterocycles. The predicted molar refractivity (Wildman–Crippen MR) is 68.4 cm³/mol. The van der Waals surface area contributed by atoms with Crippen LogP contribution in [0.4, 0.5) is 0 Å². The Morgan fingerprint density at radius 3 is 2.72 bits per heavy atom. The molecule has 18 heavy (non-hydrogen) atoms. The number of hydrogen-bond donors (Lipinski definition) is 1. The summed E-state index contributed by atoms with van der Waals surface area (Å²) in [6.45, 7) is 1.07. The average molecular weight is 242 g/mol. The number of aromatic nitrogens is 1. The van der Waals surface area contributed by atoms with E-state index >= 15 is 0 Å². The number of benzene rings is 1. The number of amides is 1. The van der Waals surface area contributed by atoms with Gasteiger partial charge in [0.25, 0.3) is 5.91 Å². The first-order chi connectivity index (χ1) is 8.75. The van der Waals surface area contributed by atoms with Gasteiger partial charge in [0.05, 0.1) is 11.1 Å². The largest absolute Gasteiger partial charge is 0.361 e. The molecule has 1 aliphatic rings. The summed E-state index contributed by atoms with van der Waals surface area (Å²) in [6, 6.07) is 7.64. The molecule has 2 heterocycles. The number of aromatic amines is 1. The Labute approximate surface area is 105 Å². The Hall–Kier alpha value is -2.10. The number of fused-ring (bicyclic) bond motifs is 1. The van der Waals surface area contributed by atoms with Crippen LogP contribution in [0.15, 0.2) is 30.5 Å². The summed E-state index contributed by atoms with van der Waals surface area (Å²) in [5.41, 5.74) is 1.56. The quantitative estimate of drug-likeness (QED) is 0.831. The molecule has 0 spiro atoms. The van der Waals surface area contributed by atoms with Crippen LogP contribution in [-0.4, -0.2) is 34.7 Å². The average Bonchev–Trinajstić information content (AvgIpc) is 2.87. The molecule has 0 radical (unpaired) electrons. The van der Waals surface area contributed by atoms with Crippen molar-refractivity contribution in [3.05, 3.63) is 36.0 Å². The number of likely N-dealkylation sites (tertiary alicyclic amines) is 1. The maximum Gasteiger partial charge on any atom is 0.256 e. The molecule has 2 aromatic rings. The van der Waals surface area contributed by atoms with E-state index in [-0.39, 0.29) is 11.7 Å². The van der Waals surface area contributed by atoms with Crippen molar-refractivity contribution in [2.75, 3.05) is 13.1 Å². The predicted octanol–water partition coefficient (Wildman–Crippen LogP) is 1.97. The van der Waals surface area contributed by atoms with Gasteiger partial charge in [-0.2, -0.15) is 0 Å². The molecule has 1 amide bonds. The summed E-state index contributed by atoms with van der Waals surface area (Å²) in [5, 5.41) is 1.04. The molecular formula is C14H14N2O2. The standard InChI is InChI=1S/C14H14N2O2/c17-11-5-8-16(9-6-11)14(18)12-3-1-2-10-4-7-15-13(10)12/h1-4,7,15H,5-6,8-9H2. The summed E-state index contributed by atoms with van der Waals surface area (Å²) >= 11 is 0. The van der Waals surface area contributed by atoms with Crippen LogP contribution in [0.5, 0.6) is 0 Å². The Bertz CT molecular complexity index is 605. The summed E-state index contributed by atoms with van der Waals surface area (Å²) in [4.78, 5) is 28.5. The van der Waals surface area contributed by atoms with Gasteiger partial charge in [0.1, 0.15) is 5.78 Å². The number of hydrogen-bond acceptors (Lipinski definition) is 2. The first-order valence-electron chi connectivity index (χ1n) is 6.13. The van der Waals surface area contributed by atoms with Gasteiger partial charge >= 0.3 is 0 Å². The van der Waals surface area contributed by atoms with Crippen molar-refractivity contribution in [2.45, 2.75) is 12.8 Å². The smallest absolute Gasteiger partial charge is 0.256 e. The molecule has 0 saturated carbocycles. The molecule has 4 nitrogen and oxygen atoms in total. The maximum atomic E-state index is 12.4. The highest BCUT2D eigenvalue weighted by atomic mass is 16.2. The number of piperidine rings is 1. The van der Waals surface area contributed by atoms with Gasteiger partial charge in [0.15, 0.2) is 0 Å². The Morgan fingerprint density at radius 1 is 1.17 bits per heavy atom. The van der Waals surface area contributed by atoms with Crippen LogP contribution < -0.4 is 0 Å². The molecule has 0 unspecified atom stereocenters. The zero-order chi connectivity index (χ0) is 12.5. The van der Waals surface area contributed by atoms with Gasteiger partial charge in [-0.3, -0.25) is 9.59 Å². The summed E-state index contributed by atoms with van der Waals surface area (Å²) in [6.07, 6.45) is 2.79. The fourth-order valence-corrected chi connectivity index (χ4v) is 2.39. The number of rotatable bonds is 1. The van der Waals surface area contributed by atoms with Crippen molar-refractivity contribution in [3.8, 4) is 0 Å². The number of ketones is 1. The lowest BCUT2D eigenvalue weighted by Gasteiger charge is -2.26. The van der Waals surface area contributed by atoms with E-state index in [0.29, 0.717) is 31.5 Å². The first-order valence-corrected chi connectivity index (χ1v) is 6.13. The monoisotopic (exact) mass is 242 g/mol. The minimum atomic E-state index is 0.00977. The van der Waals surface area contributed by atoms with E-state index in [1.54, 1.807) is 4.90 Å². The van der Waals surface area contributed by atoms with Crippen LogP contribution in [0.1, 0.15) is 23.2 Å². The SMILES string of the molecule is O=C1CCN(C(=O)c2cccc3cc[nH]c23)CC1. The third kappa shape index (κ3) is 1.79. The Balaban J connectivity index is 1.92. The van der Waals surface area contributed by atoms with E-state index in [1.807, 2.05) is 30.5 Å². The highest BCUT2D eigenvalue weighted by Crippen LogP contribution is 2.20. The van der Waals surface area contributed by atoms with Crippen LogP contribution >= 0.6 is 0 Å². The minimum absolute atomic E-state index is 0.00977. The molecule has 1 N–H and O–H groups in total. The lowest BCUT2D eigenvalue weighted by Crippen LogP contribution is -2.38. The number of Topliss-reactive ketones (excluding diaryl/α,β-unsaturated/α-hetero) is 1. The lowest BCUT2D eigenvalue weighted by molar-refractivity contribution is -0.120. The van der Waals surface area contributed by atoms with E-state index in [4.69, 9.17) is 0 Å². The second-order valence-corrected chi connectivity index (χ2v) is 4.58. The Kier molecular flexibility index (Phi) is 2.63. The van der Waals surface area contributed by atoms with Crippen molar-refractivity contribution in [3.63, 3.8) is 0 Å². The third-order valence-electron chi connectivity index (χ3n) is 3.43. The van der Waals surface area contributed by atoms with Gasteiger partial charge in [0, 0.05) is 37.5 Å². The maximum absolute atomic E-state index is 12.4. The zero-order valence-electron chi connectivity index (χ0n) is 9.98. The summed E-state index contributed by atoms with van der Waals surface area (Å²) < 4.78 is 0. The highest BCUT2D eigenvalue weighted by molar-refractivity contribution is 6.06. The van der Waals surface area contributed by atoms with Crippen molar-refractivity contribution in [1.82, 2.24) is 9.88 Å². The second kappa shape index (κ2) is 4.29. The minimum Gasteiger partial charge on any atom is -0.361 e. The fraction of sp³-hybridized carbons (Fsp3) is 0.286. The molecular weight excluding hydrogens is 228 g/mol. The lowest BCUT2D eigenvalue weighted by atomic mass is 10.1. The fourth-order valence-electron chi connectivity index (χ4n) is 2.39. The number of nitrogens with one attached hydrogen (secondary N) is 1. The zero-order valence-corrected chi connectivity index (χ0v) is 9.98. The van der Waals surface area contributed by atoms with E-state index < -0.39 is 0 Å².